The molecule has 3 rings (SSSR count). The molecule has 0 heterocycles. The Hall–Kier alpha value is -2.22. The molecule has 0 saturated heterocycles. The Kier molecular flexibility index (Phi) is 3.10. The van der Waals surface area contributed by atoms with Gasteiger partial charge in [0.05, 0.1) is 0 Å². The van der Waals surface area contributed by atoms with E-state index < -0.39 is 0 Å². The molecule has 0 aliphatic heterocycles. The zero-order valence-corrected chi connectivity index (χ0v) is 13.7. The lowest BCUT2D eigenvalue weighted by molar-refractivity contribution is -0.111. The minimum absolute atomic E-state index is 0.0306. The van der Waals surface area contributed by atoms with Gasteiger partial charge in [-0.05, 0) is 59.8 Å². The molecule has 1 aromatic carbocycles. The average Bonchev–Trinajstić information content (AvgIpc) is 2.42. The van der Waals surface area contributed by atoms with Gasteiger partial charge in [-0.15, -0.1) is 0 Å². The number of hydrogen-bond donors (Lipinski definition) is 0. The topological polar surface area (TPSA) is 34.1 Å². The lowest BCUT2D eigenvalue weighted by Gasteiger charge is -2.28. The molecule has 0 spiro atoms. The number of aryl methyl sites for hydroxylation is 2. The van der Waals surface area contributed by atoms with Crippen molar-refractivity contribution in [2.24, 2.45) is 5.41 Å². The van der Waals surface area contributed by atoms with Gasteiger partial charge in [-0.2, -0.15) is 0 Å². The van der Waals surface area contributed by atoms with E-state index in [0.717, 1.165) is 27.8 Å². The summed E-state index contributed by atoms with van der Waals surface area (Å²) in [6, 6.07) is 3.97. The standard InChI is InChI=1S/C20H20O2/c1-11-6-7-12(2)18-14(11)10-15-16(19(18)22)8-13(9-17(15)21)20(3,4)5/h6-10H,1-5H3. The summed E-state index contributed by atoms with van der Waals surface area (Å²) in [5.74, 6) is -0.0979. The number of ketones is 2. The quantitative estimate of drug-likeness (QED) is 0.711. The normalized spacial score (nSPS) is 17.4. The highest BCUT2D eigenvalue weighted by Gasteiger charge is 2.33. The first-order chi connectivity index (χ1) is 10.2. The van der Waals surface area contributed by atoms with Gasteiger partial charge in [0.25, 0.3) is 0 Å². The highest BCUT2D eigenvalue weighted by molar-refractivity contribution is 6.28. The molecule has 0 amide bonds. The summed E-state index contributed by atoms with van der Waals surface area (Å²) in [6.07, 6.45) is 5.43. The van der Waals surface area contributed by atoms with Gasteiger partial charge in [0.15, 0.2) is 11.6 Å². The van der Waals surface area contributed by atoms with Crippen LogP contribution in [0.25, 0.3) is 6.08 Å². The van der Waals surface area contributed by atoms with Crippen LogP contribution in [-0.2, 0) is 4.79 Å². The smallest absolute Gasteiger partial charge is 0.194 e. The van der Waals surface area contributed by atoms with Crippen molar-refractivity contribution in [2.45, 2.75) is 34.6 Å². The van der Waals surface area contributed by atoms with Gasteiger partial charge in [-0.1, -0.05) is 32.9 Å². The highest BCUT2D eigenvalue weighted by atomic mass is 16.1. The maximum Gasteiger partial charge on any atom is 0.194 e. The largest absolute Gasteiger partial charge is 0.289 e. The van der Waals surface area contributed by atoms with E-state index in [4.69, 9.17) is 0 Å². The van der Waals surface area contributed by atoms with E-state index in [1.165, 1.54) is 0 Å². The molecule has 2 nitrogen and oxygen atoms in total. The summed E-state index contributed by atoms with van der Waals surface area (Å²) in [5.41, 5.74) is 5.43. The molecule has 1 aromatic rings. The molecule has 0 fully saturated rings. The molecule has 2 heteroatoms. The molecule has 2 aliphatic rings. The molecule has 2 aliphatic carbocycles. The van der Waals surface area contributed by atoms with E-state index in [2.05, 4.69) is 20.8 Å². The minimum atomic E-state index is -0.156. The third kappa shape index (κ3) is 2.10. The Morgan fingerprint density at radius 2 is 1.45 bits per heavy atom. The van der Waals surface area contributed by atoms with Crippen molar-refractivity contribution in [2.75, 3.05) is 0 Å². The molecule has 0 saturated carbocycles. The molecule has 0 unspecified atom stereocenters. The number of benzene rings is 1. The zero-order chi connectivity index (χ0) is 16.2. The SMILES string of the molecule is Cc1ccc(C)c2c1C=C1C(=O)C=C(C(C)(C)C)C=C1C2=O. The monoisotopic (exact) mass is 292 g/mol. The summed E-state index contributed by atoms with van der Waals surface area (Å²) >= 11 is 0. The Bertz CT molecular complexity index is 809. The fourth-order valence-electron chi connectivity index (χ4n) is 3.00. The lowest BCUT2D eigenvalue weighted by atomic mass is 9.74. The van der Waals surface area contributed by atoms with Gasteiger partial charge in [-0.25, -0.2) is 0 Å². The maximum atomic E-state index is 13.0. The molecular weight excluding hydrogens is 272 g/mol. The van der Waals surface area contributed by atoms with E-state index in [1.54, 1.807) is 6.08 Å². The second kappa shape index (κ2) is 4.64. The van der Waals surface area contributed by atoms with Crippen molar-refractivity contribution < 1.29 is 9.59 Å². The number of hydrogen-bond acceptors (Lipinski definition) is 2. The van der Waals surface area contributed by atoms with E-state index in [-0.39, 0.29) is 17.0 Å². The second-order valence-electron chi connectivity index (χ2n) is 7.15. The van der Waals surface area contributed by atoms with Crippen molar-refractivity contribution in [1.29, 1.82) is 0 Å². The molecule has 112 valence electrons. The van der Waals surface area contributed by atoms with Gasteiger partial charge < -0.3 is 0 Å². The van der Waals surface area contributed by atoms with Crippen LogP contribution in [0, 0.1) is 19.3 Å². The van der Waals surface area contributed by atoms with Crippen LogP contribution in [0.3, 0.4) is 0 Å². The van der Waals surface area contributed by atoms with Crippen molar-refractivity contribution >= 4 is 17.6 Å². The summed E-state index contributed by atoms with van der Waals surface area (Å²) < 4.78 is 0. The van der Waals surface area contributed by atoms with Gasteiger partial charge in [0.1, 0.15) is 0 Å². The third-order valence-electron chi connectivity index (χ3n) is 4.44. The van der Waals surface area contributed by atoms with Crippen LogP contribution >= 0.6 is 0 Å². The molecule has 0 radical (unpaired) electrons. The molecule has 0 aromatic heterocycles. The van der Waals surface area contributed by atoms with E-state index in [9.17, 15) is 9.59 Å². The number of carbonyl (C=O) groups excluding carboxylic acids is 2. The minimum Gasteiger partial charge on any atom is -0.289 e. The summed E-state index contributed by atoms with van der Waals surface area (Å²) in [5, 5.41) is 0. The average molecular weight is 292 g/mol. The van der Waals surface area contributed by atoms with E-state index >= 15 is 0 Å². The predicted octanol–water partition coefficient (Wildman–Crippen LogP) is 4.36. The fraction of sp³-hybridized carbons (Fsp3) is 0.300. The Morgan fingerprint density at radius 1 is 0.818 bits per heavy atom. The first-order valence-electron chi connectivity index (χ1n) is 7.55. The van der Waals surface area contributed by atoms with Crippen molar-refractivity contribution in [3.8, 4) is 0 Å². The fourth-order valence-corrected chi connectivity index (χ4v) is 3.00. The van der Waals surface area contributed by atoms with Crippen LogP contribution in [-0.4, -0.2) is 11.6 Å². The molecule has 0 bridgehead atoms. The van der Waals surface area contributed by atoms with Crippen LogP contribution in [0.4, 0.5) is 0 Å². The molecular formula is C20H20O2. The first-order valence-corrected chi connectivity index (χ1v) is 7.55. The summed E-state index contributed by atoms with van der Waals surface area (Å²) in [7, 11) is 0. The second-order valence-corrected chi connectivity index (χ2v) is 7.15. The van der Waals surface area contributed by atoms with E-state index in [0.29, 0.717) is 11.1 Å². The van der Waals surface area contributed by atoms with Crippen LogP contribution in [0.1, 0.15) is 47.8 Å². The van der Waals surface area contributed by atoms with Crippen molar-refractivity contribution in [3.05, 3.63) is 63.3 Å². The number of rotatable bonds is 0. The summed E-state index contributed by atoms with van der Waals surface area (Å²) in [4.78, 5) is 25.5. The van der Waals surface area contributed by atoms with Crippen LogP contribution in [0.5, 0.6) is 0 Å². The first kappa shape index (κ1) is 14.7. The Balaban J connectivity index is 2.27. The van der Waals surface area contributed by atoms with Crippen LogP contribution in [0.15, 0.2) is 41.0 Å². The van der Waals surface area contributed by atoms with Crippen LogP contribution in [0.2, 0.25) is 0 Å². The van der Waals surface area contributed by atoms with Gasteiger partial charge >= 0.3 is 0 Å². The summed E-state index contributed by atoms with van der Waals surface area (Å²) in [6.45, 7) is 10.1. The molecule has 0 N–H and O–H groups in total. The highest BCUT2D eigenvalue weighted by Crippen LogP contribution is 2.38. The Labute approximate surface area is 131 Å². The Morgan fingerprint density at radius 3 is 2.09 bits per heavy atom. The number of fused-ring (bicyclic) bond motifs is 2. The van der Waals surface area contributed by atoms with Gasteiger partial charge in [-0.3, -0.25) is 9.59 Å². The maximum absolute atomic E-state index is 13.0. The zero-order valence-electron chi connectivity index (χ0n) is 13.7. The van der Waals surface area contributed by atoms with E-state index in [1.807, 2.05) is 38.1 Å². The van der Waals surface area contributed by atoms with Crippen LogP contribution < -0.4 is 0 Å². The lowest BCUT2D eigenvalue weighted by Crippen LogP contribution is -2.23. The molecule has 22 heavy (non-hydrogen) atoms. The number of allylic oxidation sites excluding steroid dienone is 5. The van der Waals surface area contributed by atoms with Crippen molar-refractivity contribution in [3.63, 3.8) is 0 Å². The van der Waals surface area contributed by atoms with Gasteiger partial charge in [0.2, 0.25) is 0 Å². The number of Topliss-reactive ketones (excluding diaryl/α,β-unsaturated/α-hetero) is 1. The molecule has 0 atom stereocenters. The van der Waals surface area contributed by atoms with Crippen molar-refractivity contribution in [1.82, 2.24) is 0 Å². The number of carbonyl (C=O) groups is 2. The van der Waals surface area contributed by atoms with Gasteiger partial charge in [0, 0.05) is 16.7 Å². The predicted molar refractivity (Wildman–Crippen MR) is 88.9 cm³/mol. The third-order valence-corrected chi connectivity index (χ3v) is 4.44.